The molecule has 0 saturated carbocycles. The van der Waals surface area contributed by atoms with E-state index in [-0.39, 0.29) is 0 Å². The Hall–Kier alpha value is -1.81. The van der Waals surface area contributed by atoms with E-state index in [9.17, 15) is 0 Å². The van der Waals surface area contributed by atoms with Gasteiger partial charge in [0.25, 0.3) is 0 Å². The zero-order valence-electron chi connectivity index (χ0n) is 13.4. The third-order valence-corrected chi connectivity index (χ3v) is 3.55. The number of aryl methyl sites for hydroxylation is 2. The van der Waals surface area contributed by atoms with Crippen LogP contribution in [-0.2, 0) is 13.7 Å². The third kappa shape index (κ3) is 4.33. The quantitative estimate of drug-likeness (QED) is 0.848. The highest BCUT2D eigenvalue weighted by Gasteiger charge is 2.07. The minimum absolute atomic E-state index is 0.371. The molecule has 21 heavy (non-hydrogen) atoms. The molecule has 2 rings (SSSR count). The Balaban J connectivity index is 1.98. The second-order valence-electron chi connectivity index (χ2n) is 5.51. The lowest BCUT2D eigenvalue weighted by molar-refractivity contribution is 0.304. The number of rotatable bonds is 7. The molecule has 0 radical (unpaired) electrons. The molecule has 1 N–H and O–H groups in total. The third-order valence-electron chi connectivity index (χ3n) is 3.55. The van der Waals surface area contributed by atoms with E-state index < -0.39 is 0 Å². The molecule has 1 heterocycles. The summed E-state index contributed by atoms with van der Waals surface area (Å²) in [6, 6.07) is 6.77. The van der Waals surface area contributed by atoms with Gasteiger partial charge >= 0.3 is 0 Å². The van der Waals surface area contributed by atoms with Gasteiger partial charge in [0, 0.05) is 24.8 Å². The van der Waals surface area contributed by atoms with E-state index in [4.69, 9.17) is 4.74 Å². The zero-order chi connectivity index (χ0) is 15.2. The summed E-state index contributed by atoms with van der Waals surface area (Å²) in [6.45, 7) is 8.06. The molecule has 4 nitrogen and oxygen atoms in total. The average Bonchev–Trinajstić information content (AvgIpc) is 2.89. The number of hydrogen-bond donors (Lipinski definition) is 1. The molecule has 0 amide bonds. The summed E-state index contributed by atoms with van der Waals surface area (Å²) in [5.41, 5.74) is 3.55. The van der Waals surface area contributed by atoms with Gasteiger partial charge in [-0.25, -0.2) is 0 Å². The number of ether oxygens (including phenoxy) is 1. The average molecular weight is 287 g/mol. The molecule has 1 aromatic heterocycles. The SMILES string of the molecule is CCCNC(C)c1ccc(OCc2cnn(C)c2)c(C)c1. The van der Waals surface area contributed by atoms with E-state index >= 15 is 0 Å². The van der Waals surface area contributed by atoms with Crippen LogP contribution in [0.1, 0.15) is 43.0 Å². The van der Waals surface area contributed by atoms with E-state index in [0.29, 0.717) is 12.6 Å². The molecule has 1 unspecified atom stereocenters. The van der Waals surface area contributed by atoms with Crippen LogP contribution in [0, 0.1) is 6.92 Å². The van der Waals surface area contributed by atoms with Gasteiger partial charge in [0.15, 0.2) is 0 Å². The second kappa shape index (κ2) is 7.27. The molecule has 1 aromatic carbocycles. The predicted octanol–water partition coefficient (Wildman–Crippen LogP) is 3.37. The van der Waals surface area contributed by atoms with Crippen molar-refractivity contribution in [2.45, 2.75) is 39.8 Å². The lowest BCUT2D eigenvalue weighted by atomic mass is 10.0. The summed E-state index contributed by atoms with van der Waals surface area (Å²) in [5, 5.41) is 7.65. The molecule has 0 saturated heterocycles. The lowest BCUT2D eigenvalue weighted by Crippen LogP contribution is -2.19. The second-order valence-corrected chi connectivity index (χ2v) is 5.51. The highest BCUT2D eigenvalue weighted by molar-refractivity contribution is 5.37. The van der Waals surface area contributed by atoms with Crippen molar-refractivity contribution in [2.75, 3.05) is 6.54 Å². The van der Waals surface area contributed by atoms with E-state index in [1.54, 1.807) is 4.68 Å². The first kappa shape index (κ1) is 15.6. The fourth-order valence-electron chi connectivity index (χ4n) is 2.29. The van der Waals surface area contributed by atoms with Crippen LogP contribution in [0.5, 0.6) is 5.75 Å². The van der Waals surface area contributed by atoms with Crippen LogP contribution in [0.15, 0.2) is 30.6 Å². The lowest BCUT2D eigenvalue weighted by Gasteiger charge is -2.16. The molecule has 0 aliphatic rings. The Morgan fingerprint density at radius 3 is 2.81 bits per heavy atom. The normalized spacial score (nSPS) is 12.4. The highest BCUT2D eigenvalue weighted by atomic mass is 16.5. The van der Waals surface area contributed by atoms with Crippen molar-refractivity contribution in [3.63, 3.8) is 0 Å². The van der Waals surface area contributed by atoms with Gasteiger partial charge in [-0.05, 0) is 44.0 Å². The van der Waals surface area contributed by atoms with Crippen LogP contribution in [0.2, 0.25) is 0 Å². The Kier molecular flexibility index (Phi) is 5.39. The standard InChI is InChI=1S/C17H25N3O/c1-5-8-18-14(3)16-6-7-17(13(2)9-16)21-12-15-10-19-20(4)11-15/h6-7,9-11,14,18H,5,8,12H2,1-4H3. The van der Waals surface area contributed by atoms with Crippen LogP contribution in [-0.4, -0.2) is 16.3 Å². The molecular weight excluding hydrogens is 262 g/mol. The maximum atomic E-state index is 5.88. The molecule has 4 heteroatoms. The summed E-state index contributed by atoms with van der Waals surface area (Å²) < 4.78 is 7.67. The van der Waals surface area contributed by atoms with Gasteiger partial charge in [-0.3, -0.25) is 4.68 Å². The monoisotopic (exact) mass is 287 g/mol. The Labute approximate surface area is 127 Å². The zero-order valence-corrected chi connectivity index (χ0v) is 13.4. The van der Waals surface area contributed by atoms with Crippen LogP contribution < -0.4 is 10.1 Å². The molecule has 114 valence electrons. The van der Waals surface area contributed by atoms with Crippen molar-refractivity contribution < 1.29 is 4.74 Å². The van der Waals surface area contributed by atoms with Crippen molar-refractivity contribution in [3.05, 3.63) is 47.3 Å². The summed E-state index contributed by atoms with van der Waals surface area (Å²) in [5.74, 6) is 0.935. The van der Waals surface area contributed by atoms with Gasteiger partial charge in [0.1, 0.15) is 12.4 Å². The van der Waals surface area contributed by atoms with Crippen LogP contribution in [0.25, 0.3) is 0 Å². The summed E-state index contributed by atoms with van der Waals surface area (Å²) in [4.78, 5) is 0. The van der Waals surface area contributed by atoms with E-state index in [2.05, 4.69) is 49.4 Å². The van der Waals surface area contributed by atoms with Crippen molar-refractivity contribution in [1.29, 1.82) is 0 Å². The van der Waals surface area contributed by atoms with Crippen molar-refractivity contribution >= 4 is 0 Å². The highest BCUT2D eigenvalue weighted by Crippen LogP contribution is 2.23. The van der Waals surface area contributed by atoms with E-state index in [0.717, 1.165) is 24.3 Å². The van der Waals surface area contributed by atoms with Gasteiger partial charge in [0.2, 0.25) is 0 Å². The molecular formula is C17H25N3O. The maximum absolute atomic E-state index is 5.88. The van der Waals surface area contributed by atoms with Gasteiger partial charge in [-0.1, -0.05) is 19.1 Å². The first-order valence-corrected chi connectivity index (χ1v) is 7.54. The van der Waals surface area contributed by atoms with Crippen LogP contribution in [0.3, 0.4) is 0 Å². The Bertz CT molecular complexity index is 577. The summed E-state index contributed by atoms with van der Waals surface area (Å²) >= 11 is 0. The molecule has 2 aromatic rings. The fourth-order valence-corrected chi connectivity index (χ4v) is 2.29. The number of aromatic nitrogens is 2. The minimum Gasteiger partial charge on any atom is -0.489 e. The first-order chi connectivity index (χ1) is 10.1. The number of nitrogens with one attached hydrogen (secondary N) is 1. The molecule has 0 fully saturated rings. The van der Waals surface area contributed by atoms with E-state index in [1.165, 1.54) is 11.1 Å². The predicted molar refractivity (Wildman–Crippen MR) is 85.4 cm³/mol. The number of benzene rings is 1. The van der Waals surface area contributed by atoms with Crippen molar-refractivity contribution in [2.24, 2.45) is 7.05 Å². The summed E-state index contributed by atoms with van der Waals surface area (Å²) in [7, 11) is 1.91. The topological polar surface area (TPSA) is 39.1 Å². The maximum Gasteiger partial charge on any atom is 0.122 e. The van der Waals surface area contributed by atoms with Crippen LogP contribution >= 0.6 is 0 Å². The summed E-state index contributed by atoms with van der Waals surface area (Å²) in [6.07, 6.45) is 4.95. The molecule has 0 spiro atoms. The smallest absolute Gasteiger partial charge is 0.122 e. The molecule has 0 aliphatic carbocycles. The Morgan fingerprint density at radius 2 is 2.19 bits per heavy atom. The molecule has 0 aliphatic heterocycles. The molecule has 1 atom stereocenters. The Morgan fingerprint density at radius 1 is 1.38 bits per heavy atom. The van der Waals surface area contributed by atoms with Gasteiger partial charge in [-0.2, -0.15) is 5.10 Å². The van der Waals surface area contributed by atoms with Gasteiger partial charge in [-0.15, -0.1) is 0 Å². The number of nitrogens with zero attached hydrogens (tertiary/aromatic N) is 2. The fraction of sp³-hybridized carbons (Fsp3) is 0.471. The van der Waals surface area contributed by atoms with Crippen LogP contribution in [0.4, 0.5) is 0 Å². The van der Waals surface area contributed by atoms with E-state index in [1.807, 2.05) is 19.4 Å². The van der Waals surface area contributed by atoms with Gasteiger partial charge in [0.05, 0.1) is 6.20 Å². The van der Waals surface area contributed by atoms with Crippen molar-refractivity contribution in [3.8, 4) is 5.75 Å². The molecule has 0 bridgehead atoms. The first-order valence-electron chi connectivity index (χ1n) is 7.54. The van der Waals surface area contributed by atoms with Crippen molar-refractivity contribution in [1.82, 2.24) is 15.1 Å². The van der Waals surface area contributed by atoms with Gasteiger partial charge < -0.3 is 10.1 Å². The number of hydrogen-bond acceptors (Lipinski definition) is 3. The minimum atomic E-state index is 0.371. The largest absolute Gasteiger partial charge is 0.489 e.